The molecule has 0 saturated carbocycles. The maximum atomic E-state index is 10.5. The molecule has 11 heteroatoms. The molecule has 2 aromatic carbocycles. The van der Waals surface area contributed by atoms with Gasteiger partial charge in [0.15, 0.2) is 23.0 Å². The van der Waals surface area contributed by atoms with Crippen LogP contribution in [0.1, 0.15) is 29.0 Å². The van der Waals surface area contributed by atoms with E-state index in [4.69, 9.17) is 18.9 Å². The summed E-state index contributed by atoms with van der Waals surface area (Å²) in [6.07, 6.45) is -6.12. The van der Waals surface area contributed by atoms with Gasteiger partial charge in [0.25, 0.3) is 0 Å². The Kier molecular flexibility index (Phi) is 10.4. The molecule has 1 heterocycles. The van der Waals surface area contributed by atoms with Gasteiger partial charge in [-0.15, -0.1) is 0 Å². The van der Waals surface area contributed by atoms with Crippen molar-refractivity contribution < 1.29 is 54.7 Å². The molecule has 0 unspecified atom stereocenters. The maximum Gasteiger partial charge on any atom is 0.229 e. The van der Waals surface area contributed by atoms with Crippen LogP contribution in [-0.4, -0.2) is 100 Å². The van der Waals surface area contributed by atoms with Crippen LogP contribution in [0.25, 0.3) is 0 Å². The molecule has 3 rings (SSSR count). The fraction of sp³-hybridized carbons (Fsp3) is 0.538. The fourth-order valence-electron chi connectivity index (χ4n) is 4.38. The molecule has 11 nitrogen and oxygen atoms in total. The SMILES string of the molecule is COc1cc(C[C@H](CO)c2cc(CCCO)cc(OC)c2O[C@@H]2O[C@H](CO)[C@@H](O)[C@H](O)[C@H]2O)ccc1O. The van der Waals surface area contributed by atoms with Crippen molar-refractivity contribution >= 4 is 0 Å². The molecule has 0 bridgehead atoms. The van der Waals surface area contributed by atoms with E-state index in [0.717, 1.165) is 11.1 Å². The molecule has 7 N–H and O–H groups in total. The van der Waals surface area contributed by atoms with E-state index in [9.17, 15) is 35.7 Å². The summed E-state index contributed by atoms with van der Waals surface area (Å²) in [5.74, 6) is 0.123. The topological polar surface area (TPSA) is 179 Å². The summed E-state index contributed by atoms with van der Waals surface area (Å²) in [7, 11) is 2.86. The molecule has 6 atom stereocenters. The largest absolute Gasteiger partial charge is 0.504 e. The van der Waals surface area contributed by atoms with Crippen molar-refractivity contribution in [3.8, 4) is 23.0 Å². The lowest BCUT2D eigenvalue weighted by molar-refractivity contribution is -0.277. The van der Waals surface area contributed by atoms with Crippen LogP contribution in [0.5, 0.6) is 23.0 Å². The minimum Gasteiger partial charge on any atom is -0.504 e. The molecule has 2 aromatic rings. The first-order valence-corrected chi connectivity index (χ1v) is 12.0. The first-order valence-electron chi connectivity index (χ1n) is 12.0. The number of hydrogen-bond donors (Lipinski definition) is 7. The summed E-state index contributed by atoms with van der Waals surface area (Å²) in [6, 6.07) is 8.35. The number of aryl methyl sites for hydroxylation is 1. The Morgan fingerprint density at radius 2 is 1.59 bits per heavy atom. The molecule has 37 heavy (non-hydrogen) atoms. The van der Waals surface area contributed by atoms with E-state index in [-0.39, 0.29) is 36.2 Å². The lowest BCUT2D eigenvalue weighted by Crippen LogP contribution is -2.60. The van der Waals surface area contributed by atoms with Crippen LogP contribution in [-0.2, 0) is 17.6 Å². The van der Waals surface area contributed by atoms with Crippen molar-refractivity contribution in [3.05, 3.63) is 47.0 Å². The van der Waals surface area contributed by atoms with Crippen molar-refractivity contribution in [1.82, 2.24) is 0 Å². The smallest absolute Gasteiger partial charge is 0.229 e. The Morgan fingerprint density at radius 3 is 2.22 bits per heavy atom. The Balaban J connectivity index is 2.04. The van der Waals surface area contributed by atoms with Crippen molar-refractivity contribution in [2.45, 2.75) is 55.9 Å². The number of ether oxygens (including phenoxy) is 4. The lowest BCUT2D eigenvalue weighted by atomic mass is 9.89. The third-order valence-corrected chi connectivity index (χ3v) is 6.46. The predicted molar refractivity (Wildman–Crippen MR) is 131 cm³/mol. The molecule has 0 aromatic heterocycles. The molecule has 0 radical (unpaired) electrons. The third-order valence-electron chi connectivity index (χ3n) is 6.46. The quantitative estimate of drug-likeness (QED) is 0.196. The molecular formula is C26H36O11. The maximum absolute atomic E-state index is 10.5. The molecule has 1 saturated heterocycles. The summed E-state index contributed by atoms with van der Waals surface area (Å²) in [4.78, 5) is 0. The molecule has 0 spiro atoms. The van der Waals surface area contributed by atoms with Crippen LogP contribution in [0.2, 0.25) is 0 Å². The summed E-state index contributed by atoms with van der Waals surface area (Å²) in [5, 5.41) is 70.0. The van der Waals surface area contributed by atoms with E-state index >= 15 is 0 Å². The molecule has 1 aliphatic heterocycles. The van der Waals surface area contributed by atoms with Crippen molar-refractivity contribution in [3.63, 3.8) is 0 Å². The van der Waals surface area contributed by atoms with Gasteiger partial charge in [0.05, 0.1) is 27.4 Å². The lowest BCUT2D eigenvalue weighted by Gasteiger charge is -2.40. The second-order valence-electron chi connectivity index (χ2n) is 8.95. The molecule has 1 aliphatic rings. The average Bonchev–Trinajstić information content (AvgIpc) is 2.91. The number of aliphatic hydroxyl groups is 6. The van der Waals surface area contributed by atoms with Gasteiger partial charge >= 0.3 is 0 Å². The number of aliphatic hydroxyl groups excluding tert-OH is 6. The highest BCUT2D eigenvalue weighted by Gasteiger charge is 2.45. The second-order valence-corrected chi connectivity index (χ2v) is 8.95. The minimum atomic E-state index is -1.64. The normalized spacial score (nSPS) is 24.5. The zero-order chi connectivity index (χ0) is 27.1. The van der Waals surface area contributed by atoms with Gasteiger partial charge < -0.3 is 54.7 Å². The highest BCUT2D eigenvalue weighted by molar-refractivity contribution is 5.52. The second kappa shape index (κ2) is 13.2. The number of aromatic hydroxyl groups is 1. The summed E-state index contributed by atoms with van der Waals surface area (Å²) < 4.78 is 22.3. The highest BCUT2D eigenvalue weighted by atomic mass is 16.7. The van der Waals surface area contributed by atoms with Gasteiger partial charge in [-0.3, -0.25) is 0 Å². The number of rotatable bonds is 12. The molecule has 0 amide bonds. The minimum absolute atomic E-state index is 0.0164. The van der Waals surface area contributed by atoms with Gasteiger partial charge in [-0.2, -0.15) is 0 Å². The monoisotopic (exact) mass is 524 g/mol. The van der Waals surface area contributed by atoms with Crippen LogP contribution < -0.4 is 14.2 Å². The van der Waals surface area contributed by atoms with Gasteiger partial charge in [0, 0.05) is 18.1 Å². The molecular weight excluding hydrogens is 488 g/mol. The Labute approximate surface area is 215 Å². The third kappa shape index (κ3) is 6.63. The summed E-state index contributed by atoms with van der Waals surface area (Å²) >= 11 is 0. The zero-order valence-electron chi connectivity index (χ0n) is 20.9. The molecule has 1 fully saturated rings. The Morgan fingerprint density at radius 1 is 0.892 bits per heavy atom. The predicted octanol–water partition coefficient (Wildman–Crippen LogP) is -0.168. The van der Waals surface area contributed by atoms with Gasteiger partial charge in [-0.05, 0) is 48.6 Å². The number of methoxy groups -OCH3 is 2. The van der Waals surface area contributed by atoms with Crippen molar-refractivity contribution in [1.29, 1.82) is 0 Å². The van der Waals surface area contributed by atoms with E-state index in [2.05, 4.69) is 0 Å². The number of phenols is 1. The van der Waals surface area contributed by atoms with E-state index < -0.39 is 43.2 Å². The average molecular weight is 525 g/mol. The number of hydrogen-bond acceptors (Lipinski definition) is 11. The first kappa shape index (κ1) is 28.9. The van der Waals surface area contributed by atoms with Crippen LogP contribution in [0.3, 0.4) is 0 Å². The number of benzene rings is 2. The van der Waals surface area contributed by atoms with E-state index in [0.29, 0.717) is 24.8 Å². The van der Waals surface area contributed by atoms with Gasteiger partial charge in [-0.1, -0.05) is 12.1 Å². The fourth-order valence-corrected chi connectivity index (χ4v) is 4.38. The Hall–Kier alpha value is -2.64. The number of phenolic OH excluding ortho intramolecular Hbond substituents is 1. The van der Waals surface area contributed by atoms with Crippen molar-refractivity contribution in [2.24, 2.45) is 0 Å². The highest BCUT2D eigenvalue weighted by Crippen LogP contribution is 2.41. The Bertz CT molecular complexity index is 1010. The van der Waals surface area contributed by atoms with Crippen LogP contribution in [0.15, 0.2) is 30.3 Å². The van der Waals surface area contributed by atoms with Gasteiger partial charge in [0.1, 0.15) is 24.4 Å². The van der Waals surface area contributed by atoms with Gasteiger partial charge in [-0.25, -0.2) is 0 Å². The van der Waals surface area contributed by atoms with Crippen LogP contribution in [0, 0.1) is 0 Å². The molecule has 0 aliphatic carbocycles. The van der Waals surface area contributed by atoms with Gasteiger partial charge in [0.2, 0.25) is 6.29 Å². The zero-order valence-corrected chi connectivity index (χ0v) is 20.9. The van der Waals surface area contributed by atoms with E-state index in [1.807, 2.05) is 0 Å². The standard InChI is InChI=1S/C26H36O11/c1-34-19-10-15(5-6-18(19)30)8-16(12-28)17-9-14(4-3-7-27)11-20(35-2)25(17)37-26-24(33)23(32)22(31)21(13-29)36-26/h5-6,9-11,16,21-24,26-33H,3-4,7-8,12-13H2,1-2H3/t16-,21-,22-,23+,24-,26+/m1/s1. The van der Waals surface area contributed by atoms with Crippen molar-refractivity contribution in [2.75, 3.05) is 34.0 Å². The van der Waals surface area contributed by atoms with Crippen LogP contribution >= 0.6 is 0 Å². The first-order chi connectivity index (χ1) is 17.8. The summed E-state index contributed by atoms with van der Waals surface area (Å²) in [6.45, 7) is -0.935. The van der Waals surface area contributed by atoms with E-state index in [1.165, 1.54) is 20.3 Å². The molecule has 206 valence electrons. The summed E-state index contributed by atoms with van der Waals surface area (Å²) in [5.41, 5.74) is 2.08. The van der Waals surface area contributed by atoms with Crippen LogP contribution in [0.4, 0.5) is 0 Å². The van der Waals surface area contributed by atoms with E-state index in [1.54, 1.807) is 24.3 Å².